The number of benzene rings is 1. The van der Waals surface area contributed by atoms with E-state index < -0.39 is 29.7 Å². The Labute approximate surface area is 152 Å². The summed E-state index contributed by atoms with van der Waals surface area (Å²) in [5.41, 5.74) is 1.22. The van der Waals surface area contributed by atoms with Crippen molar-refractivity contribution in [3.05, 3.63) is 35.4 Å². The van der Waals surface area contributed by atoms with Crippen LogP contribution >= 0.6 is 0 Å². The fraction of sp³-hybridized carbons (Fsp3) is 0.526. The lowest BCUT2D eigenvalue weighted by Gasteiger charge is -2.30. The molecular weight excluding hydrogens is 336 g/mol. The predicted molar refractivity (Wildman–Crippen MR) is 93.5 cm³/mol. The minimum absolute atomic E-state index is 0.273. The molecule has 0 spiro atoms. The Morgan fingerprint density at radius 2 is 1.92 bits per heavy atom. The van der Waals surface area contributed by atoms with Crippen molar-refractivity contribution in [1.82, 2.24) is 10.2 Å². The molecule has 7 nitrogen and oxygen atoms in total. The van der Waals surface area contributed by atoms with Crippen LogP contribution in [0.25, 0.3) is 0 Å². The van der Waals surface area contributed by atoms with Gasteiger partial charge in [-0.05, 0) is 44.7 Å². The predicted octanol–water partition coefficient (Wildman–Crippen LogP) is 2.25. The third-order valence-corrected chi connectivity index (χ3v) is 4.75. The summed E-state index contributed by atoms with van der Waals surface area (Å²) in [4.78, 5) is 38.4. The summed E-state index contributed by atoms with van der Waals surface area (Å²) in [7, 11) is 0. The first kappa shape index (κ1) is 18.2. The van der Waals surface area contributed by atoms with E-state index in [-0.39, 0.29) is 11.9 Å². The molecule has 140 valence electrons. The quantitative estimate of drug-likeness (QED) is 0.843. The Morgan fingerprint density at radius 1 is 1.23 bits per heavy atom. The number of hydrogen-bond donors (Lipinski definition) is 2. The van der Waals surface area contributed by atoms with Gasteiger partial charge in [0.25, 0.3) is 0 Å². The molecule has 3 rings (SSSR count). The number of carbonyl (C=O) groups excluding carboxylic acids is 2. The molecule has 2 aliphatic heterocycles. The van der Waals surface area contributed by atoms with Crippen molar-refractivity contribution >= 4 is 18.0 Å². The fourth-order valence-electron chi connectivity index (χ4n) is 3.76. The number of nitrogens with zero attached hydrogens (tertiary/aromatic N) is 1. The number of carbonyl (C=O) groups is 3. The highest BCUT2D eigenvalue weighted by molar-refractivity contribution is 5.91. The molecule has 0 saturated carbocycles. The van der Waals surface area contributed by atoms with E-state index >= 15 is 0 Å². The van der Waals surface area contributed by atoms with E-state index in [2.05, 4.69) is 5.32 Å². The molecule has 26 heavy (non-hydrogen) atoms. The second kappa shape index (κ2) is 6.63. The van der Waals surface area contributed by atoms with E-state index in [0.29, 0.717) is 19.3 Å². The van der Waals surface area contributed by atoms with Crippen LogP contribution in [0.2, 0.25) is 0 Å². The molecule has 1 fully saturated rings. The van der Waals surface area contributed by atoms with Gasteiger partial charge >= 0.3 is 12.1 Å². The molecule has 0 aromatic heterocycles. The minimum atomic E-state index is -1.02. The van der Waals surface area contributed by atoms with Gasteiger partial charge in [-0.25, -0.2) is 9.59 Å². The molecule has 1 saturated heterocycles. The molecule has 0 unspecified atom stereocenters. The van der Waals surface area contributed by atoms with Gasteiger partial charge in [0.1, 0.15) is 17.7 Å². The molecule has 0 radical (unpaired) electrons. The molecule has 2 aliphatic rings. The first-order valence-corrected chi connectivity index (χ1v) is 8.79. The topological polar surface area (TPSA) is 95.9 Å². The van der Waals surface area contributed by atoms with E-state index in [0.717, 1.165) is 11.1 Å². The normalized spacial score (nSPS) is 25.1. The van der Waals surface area contributed by atoms with Crippen molar-refractivity contribution in [1.29, 1.82) is 0 Å². The van der Waals surface area contributed by atoms with Crippen molar-refractivity contribution in [3.8, 4) is 0 Å². The van der Waals surface area contributed by atoms with Crippen LogP contribution in [0.15, 0.2) is 24.3 Å². The van der Waals surface area contributed by atoms with Crippen LogP contribution in [0.4, 0.5) is 4.79 Å². The second-order valence-electron chi connectivity index (χ2n) is 7.79. The highest BCUT2D eigenvalue weighted by Gasteiger charge is 2.46. The van der Waals surface area contributed by atoms with E-state index in [1.54, 1.807) is 20.8 Å². The number of carboxylic acids is 1. The first-order valence-electron chi connectivity index (χ1n) is 8.79. The van der Waals surface area contributed by atoms with Gasteiger partial charge in [-0.2, -0.15) is 0 Å². The largest absolute Gasteiger partial charge is 0.480 e. The monoisotopic (exact) mass is 360 g/mol. The average molecular weight is 360 g/mol. The van der Waals surface area contributed by atoms with Crippen LogP contribution in [-0.2, 0) is 20.7 Å². The van der Waals surface area contributed by atoms with Crippen LogP contribution in [0.5, 0.6) is 0 Å². The van der Waals surface area contributed by atoms with Crippen molar-refractivity contribution < 1.29 is 24.2 Å². The molecule has 2 N–H and O–H groups in total. The zero-order chi connectivity index (χ0) is 19.1. The average Bonchev–Trinajstić information content (AvgIpc) is 2.93. The smallest absolute Gasteiger partial charge is 0.408 e. The van der Waals surface area contributed by atoms with E-state index in [1.165, 1.54) is 4.90 Å². The van der Waals surface area contributed by atoms with Crippen molar-refractivity contribution in [2.45, 2.75) is 63.8 Å². The molecule has 7 heteroatoms. The third kappa shape index (κ3) is 3.52. The van der Waals surface area contributed by atoms with E-state index in [4.69, 9.17) is 4.74 Å². The van der Waals surface area contributed by atoms with Gasteiger partial charge in [-0.3, -0.25) is 4.79 Å². The maximum Gasteiger partial charge on any atom is 0.408 e. The lowest BCUT2D eigenvalue weighted by Crippen LogP contribution is -2.52. The van der Waals surface area contributed by atoms with Crippen molar-refractivity contribution in [2.24, 2.45) is 0 Å². The number of aliphatic carboxylic acids is 1. The van der Waals surface area contributed by atoms with Gasteiger partial charge in [0, 0.05) is 6.42 Å². The Kier molecular flexibility index (Phi) is 4.64. The summed E-state index contributed by atoms with van der Waals surface area (Å²) in [6.45, 7) is 5.23. The minimum Gasteiger partial charge on any atom is -0.480 e. The Morgan fingerprint density at radius 3 is 2.58 bits per heavy atom. The Bertz CT molecular complexity index is 740. The summed E-state index contributed by atoms with van der Waals surface area (Å²) in [5.74, 6) is -1.39. The summed E-state index contributed by atoms with van der Waals surface area (Å²) in [6.07, 6.45) is 0.629. The number of alkyl carbamates (subject to hydrolysis) is 1. The summed E-state index contributed by atoms with van der Waals surface area (Å²) in [5, 5.41) is 12.2. The number of ether oxygens (including phenoxy) is 1. The lowest BCUT2D eigenvalue weighted by atomic mass is 9.96. The lowest BCUT2D eigenvalue weighted by molar-refractivity contribution is -0.150. The van der Waals surface area contributed by atoms with E-state index in [9.17, 15) is 19.5 Å². The Hall–Kier alpha value is -2.57. The molecule has 2 amide bonds. The fourth-order valence-corrected chi connectivity index (χ4v) is 3.76. The van der Waals surface area contributed by atoms with Gasteiger partial charge in [-0.15, -0.1) is 0 Å². The highest BCUT2D eigenvalue weighted by Crippen LogP contribution is 2.40. The second-order valence-corrected chi connectivity index (χ2v) is 7.79. The van der Waals surface area contributed by atoms with Gasteiger partial charge < -0.3 is 20.1 Å². The summed E-state index contributed by atoms with van der Waals surface area (Å²) < 4.78 is 5.27. The van der Waals surface area contributed by atoms with Crippen molar-refractivity contribution in [2.75, 3.05) is 0 Å². The number of carboxylic acid groups (broad SMARTS) is 1. The standard InChI is InChI=1S/C19H24N2O5/c1-19(2,3)26-18(25)20-13-10-11-6-4-5-7-12(11)14-8-9-15(17(23)24)21(14)16(13)22/h4-7,13-15H,8-10H2,1-3H3,(H,20,25)(H,23,24)/t13-,14+,15-/m0/s1. The summed E-state index contributed by atoms with van der Waals surface area (Å²) in [6, 6.07) is 5.62. The molecule has 2 heterocycles. The molecular formula is C19H24N2O5. The number of fused-ring (bicyclic) bond motifs is 3. The SMILES string of the molecule is CC(C)(C)OC(=O)N[C@H]1Cc2ccccc2[C@H]2CC[C@@H](C(=O)O)N2C1=O. The van der Waals surface area contributed by atoms with Crippen molar-refractivity contribution in [3.63, 3.8) is 0 Å². The molecule has 0 bridgehead atoms. The zero-order valence-corrected chi connectivity index (χ0v) is 15.2. The van der Waals surface area contributed by atoms with Gasteiger partial charge in [0.05, 0.1) is 6.04 Å². The van der Waals surface area contributed by atoms with E-state index in [1.807, 2.05) is 24.3 Å². The maximum atomic E-state index is 13.1. The summed E-state index contributed by atoms with van der Waals surface area (Å²) >= 11 is 0. The van der Waals surface area contributed by atoms with Crippen LogP contribution in [0, 0.1) is 0 Å². The molecule has 3 atom stereocenters. The number of nitrogens with one attached hydrogen (secondary N) is 1. The zero-order valence-electron chi connectivity index (χ0n) is 15.2. The Balaban J connectivity index is 1.93. The number of rotatable bonds is 2. The van der Waals surface area contributed by atoms with Gasteiger partial charge in [-0.1, -0.05) is 24.3 Å². The van der Waals surface area contributed by atoms with Crippen LogP contribution < -0.4 is 5.32 Å². The number of hydrogen-bond acceptors (Lipinski definition) is 4. The van der Waals surface area contributed by atoms with Crippen LogP contribution in [0.1, 0.15) is 50.8 Å². The number of amides is 2. The molecule has 1 aromatic carbocycles. The van der Waals surface area contributed by atoms with Crippen LogP contribution in [0.3, 0.4) is 0 Å². The molecule has 1 aromatic rings. The highest BCUT2D eigenvalue weighted by atomic mass is 16.6. The third-order valence-electron chi connectivity index (χ3n) is 4.75. The van der Waals surface area contributed by atoms with Gasteiger partial charge in [0.15, 0.2) is 0 Å². The maximum absolute atomic E-state index is 13.1. The van der Waals surface area contributed by atoms with Gasteiger partial charge in [0.2, 0.25) is 5.91 Å². The van der Waals surface area contributed by atoms with Crippen LogP contribution in [-0.4, -0.2) is 45.7 Å². The first-order chi connectivity index (χ1) is 12.2. The molecule has 0 aliphatic carbocycles.